The van der Waals surface area contributed by atoms with E-state index in [1.165, 1.54) is 19.3 Å². The maximum atomic E-state index is 10.5. The predicted molar refractivity (Wildman–Crippen MR) is 115 cm³/mol. The summed E-state index contributed by atoms with van der Waals surface area (Å²) in [7, 11) is 0. The van der Waals surface area contributed by atoms with Crippen LogP contribution in [-0.2, 0) is 4.79 Å². The van der Waals surface area contributed by atoms with E-state index < -0.39 is 5.97 Å². The molecule has 0 bridgehead atoms. The molecule has 0 amide bonds. The number of hydrogen-bond donors (Lipinski definition) is 2. The van der Waals surface area contributed by atoms with Crippen LogP contribution >= 0.6 is 23.4 Å². The molecule has 2 rings (SSSR count). The van der Waals surface area contributed by atoms with Crippen molar-refractivity contribution in [3.63, 3.8) is 0 Å². The molecule has 0 aromatic carbocycles. The maximum Gasteiger partial charge on any atom is 0.303 e. The summed E-state index contributed by atoms with van der Waals surface area (Å²) in [5.41, 5.74) is 0. The van der Waals surface area contributed by atoms with E-state index in [0.717, 1.165) is 25.0 Å². The third kappa shape index (κ3) is 6.99. The first-order valence-electron chi connectivity index (χ1n) is 10.1. The van der Waals surface area contributed by atoms with Gasteiger partial charge in [0, 0.05) is 28.2 Å². The van der Waals surface area contributed by atoms with Crippen LogP contribution in [0.15, 0.2) is 37.0 Å². The van der Waals surface area contributed by atoms with Gasteiger partial charge in [-0.05, 0) is 50.9 Å². The number of unbranched alkanes of at least 4 members (excludes halogenated alkanes) is 1. The van der Waals surface area contributed by atoms with Gasteiger partial charge in [0.05, 0.1) is 6.10 Å². The number of aliphatic hydroxyl groups excluding tert-OH is 1. The van der Waals surface area contributed by atoms with Gasteiger partial charge in [0.15, 0.2) is 0 Å². The van der Waals surface area contributed by atoms with Gasteiger partial charge in [-0.25, -0.2) is 0 Å². The molecule has 2 fully saturated rings. The fourth-order valence-corrected chi connectivity index (χ4v) is 5.91. The van der Waals surface area contributed by atoms with Gasteiger partial charge in [-0.15, -0.1) is 18.2 Å². The molecule has 0 spiro atoms. The average Bonchev–Trinajstić information content (AvgIpc) is 2.85. The van der Waals surface area contributed by atoms with Crippen molar-refractivity contribution in [1.29, 1.82) is 0 Å². The van der Waals surface area contributed by atoms with E-state index in [2.05, 4.69) is 24.8 Å². The molecule has 0 aliphatic heterocycles. The number of allylic oxidation sites excluding steroid dienone is 3. The molecular formula is C22H33ClO3S. The van der Waals surface area contributed by atoms with Crippen molar-refractivity contribution >= 4 is 29.3 Å². The van der Waals surface area contributed by atoms with Gasteiger partial charge in [0.1, 0.15) is 0 Å². The SMILES string of the molecule is C=CCC1(SC/C=C/[C@@H]2[C@@H](C/C=C\CCCC(=O)O)[C@H](Cl)C[C@H]2O)CCC1. The maximum absolute atomic E-state index is 10.5. The number of carboxylic acids is 1. The van der Waals surface area contributed by atoms with Crippen molar-refractivity contribution in [2.45, 2.75) is 74.0 Å². The summed E-state index contributed by atoms with van der Waals surface area (Å²) >= 11 is 8.50. The van der Waals surface area contributed by atoms with E-state index in [9.17, 15) is 9.90 Å². The molecule has 4 atom stereocenters. The molecule has 0 aromatic heterocycles. The highest BCUT2D eigenvalue weighted by Gasteiger charge is 2.39. The zero-order valence-corrected chi connectivity index (χ0v) is 17.6. The lowest BCUT2D eigenvalue weighted by atomic mass is 9.82. The van der Waals surface area contributed by atoms with E-state index in [1.54, 1.807) is 0 Å². The summed E-state index contributed by atoms with van der Waals surface area (Å²) in [5.74, 6) is 0.572. The Morgan fingerprint density at radius 3 is 2.70 bits per heavy atom. The monoisotopic (exact) mass is 412 g/mol. The number of halogens is 1. The van der Waals surface area contributed by atoms with Gasteiger partial charge < -0.3 is 10.2 Å². The molecule has 5 heteroatoms. The van der Waals surface area contributed by atoms with E-state index in [0.29, 0.717) is 17.6 Å². The van der Waals surface area contributed by atoms with Gasteiger partial charge in [-0.2, -0.15) is 11.8 Å². The summed E-state index contributed by atoms with van der Waals surface area (Å²) < 4.78 is 0.396. The minimum absolute atomic E-state index is 0.00953. The predicted octanol–water partition coefficient (Wildman–Crippen LogP) is 5.58. The second-order valence-corrected chi connectivity index (χ2v) is 9.87. The summed E-state index contributed by atoms with van der Waals surface area (Å²) in [6.07, 6.45) is 18.3. The van der Waals surface area contributed by atoms with Crippen LogP contribution in [0.2, 0.25) is 0 Å². The van der Waals surface area contributed by atoms with Gasteiger partial charge in [0.25, 0.3) is 0 Å². The van der Waals surface area contributed by atoms with Gasteiger partial charge in [-0.3, -0.25) is 4.79 Å². The van der Waals surface area contributed by atoms with Crippen molar-refractivity contribution < 1.29 is 15.0 Å². The van der Waals surface area contributed by atoms with E-state index in [1.807, 2.05) is 23.9 Å². The first-order valence-corrected chi connectivity index (χ1v) is 11.5. The molecule has 2 aliphatic carbocycles. The van der Waals surface area contributed by atoms with Crippen LogP contribution in [0.1, 0.15) is 57.8 Å². The fourth-order valence-electron chi connectivity index (χ4n) is 4.09. The number of carbonyl (C=O) groups is 1. The number of aliphatic carboxylic acids is 1. The Balaban J connectivity index is 1.79. The van der Waals surface area contributed by atoms with Gasteiger partial charge >= 0.3 is 5.97 Å². The first kappa shape index (κ1) is 22.6. The fraction of sp³-hybridized carbons (Fsp3) is 0.682. The Labute approximate surface area is 172 Å². The minimum Gasteiger partial charge on any atom is -0.481 e. The largest absolute Gasteiger partial charge is 0.481 e. The highest BCUT2D eigenvalue weighted by Crippen LogP contribution is 2.47. The molecule has 0 unspecified atom stereocenters. The molecule has 2 saturated carbocycles. The van der Waals surface area contributed by atoms with Crippen LogP contribution < -0.4 is 0 Å². The third-order valence-electron chi connectivity index (χ3n) is 5.83. The van der Waals surface area contributed by atoms with Crippen LogP contribution in [0.5, 0.6) is 0 Å². The number of thioether (sulfide) groups is 1. The van der Waals surface area contributed by atoms with Crippen molar-refractivity contribution in [3.05, 3.63) is 37.0 Å². The van der Waals surface area contributed by atoms with Crippen LogP contribution in [0.3, 0.4) is 0 Å². The molecule has 0 heterocycles. The smallest absolute Gasteiger partial charge is 0.303 e. The lowest BCUT2D eigenvalue weighted by Crippen LogP contribution is -2.32. The molecule has 0 saturated heterocycles. The van der Waals surface area contributed by atoms with Crippen molar-refractivity contribution in [2.24, 2.45) is 11.8 Å². The van der Waals surface area contributed by atoms with Crippen LogP contribution in [-0.4, -0.2) is 38.2 Å². The van der Waals surface area contributed by atoms with E-state index in [4.69, 9.17) is 16.7 Å². The Hall–Kier alpha value is -0.710. The summed E-state index contributed by atoms with van der Waals surface area (Å²) in [4.78, 5) is 10.5. The summed E-state index contributed by atoms with van der Waals surface area (Å²) in [5, 5.41) is 19.0. The normalized spacial score (nSPS) is 30.0. The molecule has 2 N–H and O–H groups in total. The standard InChI is InChI=1S/C22H33ClO3S/c1-2-12-22(13-8-14-22)27-15-7-10-18-17(19(23)16-20(18)24)9-5-3-4-6-11-21(25)26/h2-3,5,7,10,17-20,24H,1,4,6,8-9,11-16H2,(H,25,26)/b5-3-,10-7+/t17-,18-,19-,20-/m1/s1. The van der Waals surface area contributed by atoms with Gasteiger partial charge in [0.2, 0.25) is 0 Å². The third-order valence-corrected chi connectivity index (χ3v) is 7.88. The molecule has 3 nitrogen and oxygen atoms in total. The highest BCUT2D eigenvalue weighted by atomic mass is 35.5. The Kier molecular flexibility index (Phi) is 9.47. The molecule has 2 aliphatic rings. The average molecular weight is 413 g/mol. The van der Waals surface area contributed by atoms with Gasteiger partial charge in [-0.1, -0.05) is 36.8 Å². The second kappa shape index (κ2) is 11.3. The number of hydrogen-bond acceptors (Lipinski definition) is 3. The van der Waals surface area contributed by atoms with Crippen molar-refractivity contribution in [3.8, 4) is 0 Å². The van der Waals surface area contributed by atoms with E-state index >= 15 is 0 Å². The highest BCUT2D eigenvalue weighted by molar-refractivity contribution is 8.00. The zero-order chi connectivity index (χ0) is 19.7. The number of aliphatic hydroxyl groups is 1. The molecule has 27 heavy (non-hydrogen) atoms. The number of rotatable bonds is 12. The number of alkyl halides is 1. The Bertz CT molecular complexity index is 542. The summed E-state index contributed by atoms with van der Waals surface area (Å²) in [6, 6.07) is 0. The van der Waals surface area contributed by atoms with Crippen molar-refractivity contribution in [1.82, 2.24) is 0 Å². The minimum atomic E-state index is -0.747. The van der Waals surface area contributed by atoms with Crippen LogP contribution in [0.25, 0.3) is 0 Å². The molecule has 152 valence electrons. The Morgan fingerprint density at radius 2 is 2.07 bits per heavy atom. The Morgan fingerprint density at radius 1 is 1.30 bits per heavy atom. The number of carboxylic acid groups (broad SMARTS) is 1. The quantitative estimate of drug-likeness (QED) is 0.249. The van der Waals surface area contributed by atoms with Crippen molar-refractivity contribution in [2.75, 3.05) is 5.75 Å². The second-order valence-electron chi connectivity index (χ2n) is 7.82. The molecule has 0 radical (unpaired) electrons. The molecular weight excluding hydrogens is 380 g/mol. The lowest BCUT2D eigenvalue weighted by molar-refractivity contribution is -0.137. The zero-order valence-electron chi connectivity index (χ0n) is 16.1. The summed E-state index contributed by atoms with van der Waals surface area (Å²) in [6.45, 7) is 3.89. The lowest BCUT2D eigenvalue weighted by Gasteiger charge is -2.40. The van der Waals surface area contributed by atoms with Crippen LogP contribution in [0, 0.1) is 11.8 Å². The first-order chi connectivity index (χ1) is 13.0. The van der Waals surface area contributed by atoms with E-state index in [-0.39, 0.29) is 29.7 Å². The van der Waals surface area contributed by atoms with Crippen LogP contribution in [0.4, 0.5) is 0 Å². The molecule has 0 aromatic rings. The topological polar surface area (TPSA) is 57.5 Å².